The van der Waals surface area contributed by atoms with E-state index in [1.54, 1.807) is 14.1 Å². The van der Waals surface area contributed by atoms with E-state index in [1.807, 2.05) is 25.1 Å². The van der Waals surface area contributed by atoms with E-state index in [0.29, 0.717) is 23.6 Å². The molecule has 0 radical (unpaired) electrons. The van der Waals surface area contributed by atoms with Crippen molar-refractivity contribution in [1.82, 2.24) is 10.2 Å². The van der Waals surface area contributed by atoms with Gasteiger partial charge in [0, 0.05) is 43.4 Å². The number of aliphatic hydroxyl groups is 3. The predicted octanol–water partition coefficient (Wildman–Crippen LogP) is 0.530. The number of fused-ring (bicyclic) bond motifs is 3. The van der Waals surface area contributed by atoms with Gasteiger partial charge in [-0.15, -0.1) is 0 Å². The number of aromatic hydroxyl groups is 1. The first-order chi connectivity index (χ1) is 18.3. The van der Waals surface area contributed by atoms with Gasteiger partial charge in [-0.1, -0.05) is 0 Å². The van der Waals surface area contributed by atoms with E-state index in [-0.39, 0.29) is 29.7 Å². The molecule has 0 bridgehead atoms. The molecule has 1 aromatic carbocycles. The molecule has 210 valence electrons. The number of aliphatic hydroxyl groups excluding tert-OH is 2. The van der Waals surface area contributed by atoms with E-state index in [0.717, 1.165) is 12.2 Å². The fraction of sp³-hybridized carbons (Fsp3) is 0.536. The second-order valence-electron chi connectivity index (χ2n) is 11.7. The van der Waals surface area contributed by atoms with Crippen LogP contribution in [-0.2, 0) is 27.3 Å². The number of benzene rings is 1. The van der Waals surface area contributed by atoms with Crippen LogP contribution in [0.2, 0.25) is 0 Å². The average Bonchev–Trinajstić information content (AvgIpc) is 3.66. The number of nitrogens with zero attached hydrogens (tertiary/aromatic N) is 2. The Hall–Kier alpha value is -3.41. The number of ketones is 2. The Morgan fingerprint density at radius 1 is 1.15 bits per heavy atom. The number of nitrogens with one attached hydrogen (secondary N) is 1. The van der Waals surface area contributed by atoms with Crippen molar-refractivity contribution in [3.8, 4) is 5.75 Å². The number of hydrogen-bond donors (Lipinski definition) is 6. The number of rotatable bonds is 7. The van der Waals surface area contributed by atoms with Crippen molar-refractivity contribution < 1.29 is 34.8 Å². The lowest BCUT2D eigenvalue weighted by atomic mass is 9.57. The molecule has 4 aliphatic rings. The number of hydrogen-bond acceptors (Lipinski definition) is 10. The van der Waals surface area contributed by atoms with Gasteiger partial charge < -0.3 is 36.4 Å². The Balaban J connectivity index is 1.67. The number of nitrogens with two attached hydrogens (primary N) is 1. The predicted molar refractivity (Wildman–Crippen MR) is 143 cm³/mol. The highest BCUT2D eigenvalue weighted by Gasteiger charge is 2.64. The molecular weight excluding hydrogens is 504 g/mol. The Labute approximate surface area is 226 Å². The lowest BCUT2D eigenvalue weighted by Gasteiger charge is -2.50. The molecule has 5 rings (SSSR count). The van der Waals surface area contributed by atoms with Crippen molar-refractivity contribution in [2.24, 2.45) is 23.5 Å². The average molecular weight is 541 g/mol. The molecule has 0 spiro atoms. The van der Waals surface area contributed by atoms with E-state index in [4.69, 9.17) is 5.73 Å². The minimum atomic E-state index is -2.64. The molecule has 2 saturated carbocycles. The number of Topliss-reactive ketones (excluding diaryl/α,β-unsaturated/α-hetero) is 2. The first kappa shape index (κ1) is 27.2. The number of anilines is 1. The number of phenolic OH excluding ortho intramolecular Hbond substituents is 1. The summed E-state index contributed by atoms with van der Waals surface area (Å²) in [6, 6.07) is 0.762. The molecule has 0 heterocycles. The molecular formula is C28H36N4O7. The summed E-state index contributed by atoms with van der Waals surface area (Å²) in [5.74, 6) is -5.83. The van der Waals surface area contributed by atoms with Gasteiger partial charge in [0.2, 0.25) is 5.78 Å². The second-order valence-corrected chi connectivity index (χ2v) is 11.7. The maximum atomic E-state index is 14.0. The smallest absolute Gasteiger partial charge is 0.255 e. The maximum Gasteiger partial charge on any atom is 0.255 e. The van der Waals surface area contributed by atoms with Gasteiger partial charge in [-0.3, -0.25) is 19.3 Å². The normalized spacial score (nSPS) is 28.4. The topological polar surface area (TPSA) is 177 Å². The summed E-state index contributed by atoms with van der Waals surface area (Å²) >= 11 is 0. The van der Waals surface area contributed by atoms with E-state index in [1.165, 1.54) is 17.7 Å². The van der Waals surface area contributed by atoms with E-state index in [2.05, 4.69) is 5.32 Å². The molecule has 0 saturated heterocycles. The summed E-state index contributed by atoms with van der Waals surface area (Å²) < 4.78 is 0. The molecule has 11 heteroatoms. The van der Waals surface area contributed by atoms with Gasteiger partial charge in [0.1, 0.15) is 22.8 Å². The van der Waals surface area contributed by atoms with Crippen molar-refractivity contribution in [3.05, 3.63) is 39.7 Å². The minimum absolute atomic E-state index is 0.0596. The van der Waals surface area contributed by atoms with Crippen LogP contribution < -0.4 is 16.0 Å². The van der Waals surface area contributed by atoms with Crippen LogP contribution in [0.3, 0.4) is 0 Å². The molecule has 0 unspecified atom stereocenters. The number of primary amides is 1. The fourth-order valence-corrected chi connectivity index (χ4v) is 6.61. The zero-order chi connectivity index (χ0) is 28.5. The lowest BCUT2D eigenvalue weighted by Crippen LogP contribution is -2.65. The molecule has 4 atom stereocenters. The molecule has 4 aliphatic carbocycles. The first-order valence-electron chi connectivity index (χ1n) is 13.2. The maximum absolute atomic E-state index is 14.0. The Kier molecular flexibility index (Phi) is 6.52. The summed E-state index contributed by atoms with van der Waals surface area (Å²) in [4.78, 5) is 42.7. The van der Waals surface area contributed by atoms with Gasteiger partial charge in [-0.05, 0) is 69.8 Å². The van der Waals surface area contributed by atoms with E-state index in [9.17, 15) is 34.8 Å². The summed E-state index contributed by atoms with van der Waals surface area (Å²) in [5.41, 5.74) is 3.85. The van der Waals surface area contributed by atoms with Gasteiger partial charge >= 0.3 is 0 Å². The number of carbonyl (C=O) groups is 3. The summed E-state index contributed by atoms with van der Waals surface area (Å²) in [7, 11) is 6.86. The number of likely N-dealkylation sites (N-methyl/N-ethyl adjacent to an activating group) is 1. The first-order valence-corrected chi connectivity index (χ1v) is 13.2. The molecule has 1 amide bonds. The van der Waals surface area contributed by atoms with Gasteiger partial charge in [0.15, 0.2) is 11.4 Å². The Morgan fingerprint density at radius 2 is 1.82 bits per heavy atom. The van der Waals surface area contributed by atoms with Gasteiger partial charge in [0.05, 0.1) is 11.6 Å². The largest absolute Gasteiger partial charge is 0.508 e. The highest BCUT2D eigenvalue weighted by molar-refractivity contribution is 6.24. The standard InChI is InChI=1S/C28H36N4O7/c1-31(2)17-9-14(11-30-10-12-5-6-12)22(33)19-15(17)7-13-8-16-21(32(3)4)24(35)20(27(29)38)26(37)28(16,39)25(36)18(13)23(19)34/h9,12-13,16,21,30,33-34,37,39H,5-8,10-11H2,1-4H3,(H2,29,38)/t13-,16-,21+,28-/m0/s1. The van der Waals surface area contributed by atoms with E-state index < -0.39 is 58.0 Å². The van der Waals surface area contributed by atoms with Crippen molar-refractivity contribution in [1.29, 1.82) is 0 Å². The van der Waals surface area contributed by atoms with Crippen molar-refractivity contribution >= 4 is 28.9 Å². The molecule has 1 aromatic rings. The van der Waals surface area contributed by atoms with Crippen LogP contribution >= 0.6 is 0 Å². The summed E-state index contributed by atoms with van der Waals surface area (Å²) in [5, 5.41) is 48.9. The van der Waals surface area contributed by atoms with Crippen molar-refractivity contribution in [2.75, 3.05) is 39.6 Å². The van der Waals surface area contributed by atoms with Crippen molar-refractivity contribution in [3.63, 3.8) is 0 Å². The van der Waals surface area contributed by atoms with Crippen LogP contribution in [0.4, 0.5) is 5.69 Å². The van der Waals surface area contributed by atoms with Gasteiger partial charge in [-0.25, -0.2) is 0 Å². The Bertz CT molecular complexity index is 1340. The quantitative estimate of drug-likeness (QED) is 0.267. The van der Waals surface area contributed by atoms with Crippen LogP contribution in [0.15, 0.2) is 23.0 Å². The zero-order valence-corrected chi connectivity index (χ0v) is 22.6. The Morgan fingerprint density at radius 3 is 2.38 bits per heavy atom. The summed E-state index contributed by atoms with van der Waals surface area (Å²) in [6.07, 6.45) is 2.66. The van der Waals surface area contributed by atoms with Crippen LogP contribution in [0.5, 0.6) is 5.75 Å². The molecule has 11 nitrogen and oxygen atoms in total. The van der Waals surface area contributed by atoms with Gasteiger partial charge in [-0.2, -0.15) is 0 Å². The minimum Gasteiger partial charge on any atom is -0.508 e. The highest BCUT2D eigenvalue weighted by Crippen LogP contribution is 2.54. The molecule has 0 aliphatic heterocycles. The van der Waals surface area contributed by atoms with Crippen LogP contribution in [0, 0.1) is 17.8 Å². The molecule has 7 N–H and O–H groups in total. The number of amides is 1. The molecule has 0 aromatic heterocycles. The van der Waals surface area contributed by atoms with Crippen LogP contribution in [0.1, 0.15) is 36.0 Å². The third-order valence-corrected chi connectivity index (χ3v) is 8.70. The van der Waals surface area contributed by atoms with Crippen LogP contribution in [0.25, 0.3) is 5.76 Å². The zero-order valence-electron chi connectivity index (χ0n) is 22.6. The fourth-order valence-electron chi connectivity index (χ4n) is 6.61. The van der Waals surface area contributed by atoms with Crippen molar-refractivity contribution in [2.45, 2.75) is 43.9 Å². The van der Waals surface area contributed by atoms with Crippen LogP contribution in [-0.4, -0.2) is 89.2 Å². The van der Waals surface area contributed by atoms with E-state index >= 15 is 0 Å². The third kappa shape index (κ3) is 4.02. The SMILES string of the molecule is CN(C)c1cc(CNCC2CC2)c(O)c2c1C[C@H]1C[C@H]3[C@@H](N(C)C)C(=O)C(C(N)=O)=C(O)[C@@]3(O)C(=O)C1=C2O. The molecule has 2 fully saturated rings. The lowest BCUT2D eigenvalue weighted by molar-refractivity contribution is -0.153. The monoisotopic (exact) mass is 540 g/mol. The van der Waals surface area contributed by atoms with Gasteiger partial charge in [0.25, 0.3) is 5.91 Å². The number of phenols is 1. The third-order valence-electron chi connectivity index (χ3n) is 8.70. The second kappa shape index (κ2) is 9.35. The molecule has 39 heavy (non-hydrogen) atoms. The number of carbonyl (C=O) groups excluding carboxylic acids is 3. The highest BCUT2D eigenvalue weighted by atomic mass is 16.3. The summed E-state index contributed by atoms with van der Waals surface area (Å²) in [6.45, 7) is 1.18.